The summed E-state index contributed by atoms with van der Waals surface area (Å²) in [4.78, 5) is 16.0. The average Bonchev–Trinajstić information content (AvgIpc) is 2.96. The number of rotatable bonds is 4. The van der Waals surface area contributed by atoms with Gasteiger partial charge in [0.2, 0.25) is 0 Å². The zero-order valence-electron chi connectivity index (χ0n) is 14.5. The van der Waals surface area contributed by atoms with E-state index in [-0.39, 0.29) is 5.82 Å². The van der Waals surface area contributed by atoms with E-state index in [1.807, 2.05) is 18.2 Å². The highest BCUT2D eigenvalue weighted by atomic mass is 32.1. The Labute approximate surface area is 154 Å². The number of fused-ring (bicyclic) bond motifs is 1. The van der Waals surface area contributed by atoms with Gasteiger partial charge in [0.15, 0.2) is 5.82 Å². The number of hydrogen-bond acceptors (Lipinski definition) is 5. The minimum atomic E-state index is -0.236. The Morgan fingerprint density at radius 2 is 1.85 bits per heavy atom. The molecule has 4 nitrogen and oxygen atoms in total. The van der Waals surface area contributed by atoms with Crippen molar-refractivity contribution in [1.29, 1.82) is 0 Å². The van der Waals surface area contributed by atoms with Gasteiger partial charge in [-0.05, 0) is 49.2 Å². The fraction of sp³-hybridized carbons (Fsp3) is 0.150. The molecule has 0 spiro atoms. The molecule has 26 heavy (non-hydrogen) atoms. The lowest BCUT2D eigenvalue weighted by molar-refractivity contribution is 0.627. The number of aromatic nitrogens is 3. The van der Waals surface area contributed by atoms with E-state index >= 15 is 0 Å². The Morgan fingerprint density at radius 1 is 1.04 bits per heavy atom. The first-order chi connectivity index (χ1) is 12.6. The Balaban J connectivity index is 1.76. The molecule has 0 radical (unpaired) electrons. The molecule has 0 aliphatic heterocycles. The van der Waals surface area contributed by atoms with Crippen molar-refractivity contribution in [1.82, 2.24) is 15.0 Å². The molecule has 3 aromatic heterocycles. The maximum atomic E-state index is 13.1. The summed E-state index contributed by atoms with van der Waals surface area (Å²) in [7, 11) is 0. The molecule has 3 heterocycles. The topological polar surface area (TPSA) is 50.7 Å². The van der Waals surface area contributed by atoms with Gasteiger partial charge in [-0.3, -0.25) is 4.98 Å². The number of nitrogens with one attached hydrogen (secondary N) is 1. The van der Waals surface area contributed by atoms with Gasteiger partial charge in [-0.25, -0.2) is 14.4 Å². The number of pyridine rings is 1. The van der Waals surface area contributed by atoms with Crippen LogP contribution in [-0.2, 0) is 6.54 Å². The quantitative estimate of drug-likeness (QED) is 0.546. The number of aryl methyl sites for hydroxylation is 2. The zero-order valence-corrected chi connectivity index (χ0v) is 15.3. The van der Waals surface area contributed by atoms with E-state index in [0.717, 1.165) is 27.3 Å². The Kier molecular flexibility index (Phi) is 4.34. The standard InChI is InChI=1S/C20H17FN4S/c1-12-13(2)26-20-17(12)19(23-11-14-6-8-15(21)9-7-14)24-18(25-20)16-5-3-4-10-22-16/h3-10H,11H2,1-2H3,(H,23,24,25). The van der Waals surface area contributed by atoms with Gasteiger partial charge in [0, 0.05) is 17.6 Å². The van der Waals surface area contributed by atoms with Crippen molar-refractivity contribution in [2.24, 2.45) is 0 Å². The predicted octanol–water partition coefficient (Wildman–Crippen LogP) is 5.12. The van der Waals surface area contributed by atoms with Gasteiger partial charge >= 0.3 is 0 Å². The van der Waals surface area contributed by atoms with Crippen molar-refractivity contribution in [2.45, 2.75) is 20.4 Å². The molecule has 0 fully saturated rings. The largest absolute Gasteiger partial charge is 0.365 e. The summed E-state index contributed by atoms with van der Waals surface area (Å²) in [5.74, 6) is 1.14. The molecule has 1 aromatic carbocycles. The summed E-state index contributed by atoms with van der Waals surface area (Å²) in [6.45, 7) is 4.73. The first-order valence-electron chi connectivity index (χ1n) is 8.29. The van der Waals surface area contributed by atoms with Crippen LogP contribution in [0.4, 0.5) is 10.2 Å². The third kappa shape index (κ3) is 3.15. The average molecular weight is 364 g/mol. The number of hydrogen-bond donors (Lipinski definition) is 1. The van der Waals surface area contributed by atoms with Crippen LogP contribution in [0.15, 0.2) is 48.7 Å². The highest BCUT2D eigenvalue weighted by Gasteiger charge is 2.15. The van der Waals surface area contributed by atoms with Gasteiger partial charge in [0.25, 0.3) is 0 Å². The van der Waals surface area contributed by atoms with E-state index in [0.29, 0.717) is 12.4 Å². The molecule has 4 rings (SSSR count). The van der Waals surface area contributed by atoms with E-state index in [1.165, 1.54) is 22.6 Å². The molecule has 0 amide bonds. The lowest BCUT2D eigenvalue weighted by atomic mass is 10.2. The van der Waals surface area contributed by atoms with Crippen molar-refractivity contribution >= 4 is 27.4 Å². The maximum absolute atomic E-state index is 13.1. The molecule has 6 heteroatoms. The number of anilines is 1. The summed E-state index contributed by atoms with van der Waals surface area (Å²) in [5.41, 5.74) is 2.91. The van der Waals surface area contributed by atoms with Crippen molar-refractivity contribution in [3.63, 3.8) is 0 Å². The van der Waals surface area contributed by atoms with Gasteiger partial charge in [-0.1, -0.05) is 18.2 Å². The van der Waals surface area contributed by atoms with Crippen LogP contribution in [0.2, 0.25) is 0 Å². The molecule has 0 saturated heterocycles. The van der Waals surface area contributed by atoms with Gasteiger partial charge in [-0.2, -0.15) is 0 Å². The SMILES string of the molecule is Cc1sc2nc(-c3ccccn3)nc(NCc3ccc(F)cc3)c2c1C. The van der Waals surface area contributed by atoms with Crippen molar-refractivity contribution in [3.8, 4) is 11.5 Å². The van der Waals surface area contributed by atoms with Crippen LogP contribution >= 0.6 is 11.3 Å². The molecule has 4 aromatic rings. The Hall–Kier alpha value is -2.86. The van der Waals surface area contributed by atoms with Crippen LogP contribution in [0.5, 0.6) is 0 Å². The second-order valence-electron chi connectivity index (χ2n) is 6.05. The summed E-state index contributed by atoms with van der Waals surface area (Å²) < 4.78 is 13.1. The maximum Gasteiger partial charge on any atom is 0.181 e. The van der Waals surface area contributed by atoms with Gasteiger partial charge < -0.3 is 5.32 Å². The van der Waals surface area contributed by atoms with Crippen molar-refractivity contribution < 1.29 is 4.39 Å². The minimum Gasteiger partial charge on any atom is -0.365 e. The second-order valence-corrected chi connectivity index (χ2v) is 7.26. The van der Waals surface area contributed by atoms with Crippen LogP contribution < -0.4 is 5.32 Å². The van der Waals surface area contributed by atoms with Crippen LogP contribution in [0, 0.1) is 19.7 Å². The summed E-state index contributed by atoms with van der Waals surface area (Å²) in [6.07, 6.45) is 1.74. The number of thiophene rings is 1. The lowest BCUT2D eigenvalue weighted by Gasteiger charge is -2.10. The predicted molar refractivity (Wildman–Crippen MR) is 104 cm³/mol. The molecule has 0 saturated carbocycles. The smallest absolute Gasteiger partial charge is 0.181 e. The van der Waals surface area contributed by atoms with E-state index in [2.05, 4.69) is 24.1 Å². The molecule has 0 atom stereocenters. The van der Waals surface area contributed by atoms with E-state index in [1.54, 1.807) is 29.7 Å². The molecular formula is C20H17FN4S. The van der Waals surface area contributed by atoms with Crippen LogP contribution in [0.25, 0.3) is 21.7 Å². The zero-order chi connectivity index (χ0) is 18.1. The Morgan fingerprint density at radius 3 is 2.58 bits per heavy atom. The second kappa shape index (κ2) is 6.80. The number of benzene rings is 1. The fourth-order valence-corrected chi connectivity index (χ4v) is 3.80. The highest BCUT2D eigenvalue weighted by Crippen LogP contribution is 2.34. The molecule has 0 aliphatic carbocycles. The molecule has 1 N–H and O–H groups in total. The lowest BCUT2D eigenvalue weighted by Crippen LogP contribution is -2.04. The third-order valence-corrected chi connectivity index (χ3v) is 5.40. The van der Waals surface area contributed by atoms with Crippen LogP contribution in [-0.4, -0.2) is 15.0 Å². The van der Waals surface area contributed by atoms with E-state index in [4.69, 9.17) is 9.97 Å². The summed E-state index contributed by atoms with van der Waals surface area (Å²) in [5, 5.41) is 4.43. The summed E-state index contributed by atoms with van der Waals surface area (Å²) in [6, 6.07) is 12.2. The van der Waals surface area contributed by atoms with Crippen LogP contribution in [0.1, 0.15) is 16.0 Å². The third-order valence-electron chi connectivity index (χ3n) is 4.30. The van der Waals surface area contributed by atoms with Crippen molar-refractivity contribution in [3.05, 3.63) is 70.5 Å². The molecule has 0 bridgehead atoms. The first kappa shape index (κ1) is 16.6. The van der Waals surface area contributed by atoms with Gasteiger partial charge in [0.1, 0.15) is 22.2 Å². The van der Waals surface area contributed by atoms with Crippen LogP contribution in [0.3, 0.4) is 0 Å². The molecular weight excluding hydrogens is 347 g/mol. The Bertz CT molecular complexity index is 1060. The normalized spacial score (nSPS) is 11.0. The van der Waals surface area contributed by atoms with E-state index < -0.39 is 0 Å². The van der Waals surface area contributed by atoms with Gasteiger partial charge in [0.05, 0.1) is 5.39 Å². The monoisotopic (exact) mass is 364 g/mol. The molecule has 130 valence electrons. The van der Waals surface area contributed by atoms with E-state index in [9.17, 15) is 4.39 Å². The van der Waals surface area contributed by atoms with Gasteiger partial charge in [-0.15, -0.1) is 11.3 Å². The highest BCUT2D eigenvalue weighted by molar-refractivity contribution is 7.18. The molecule has 0 aliphatic rings. The first-order valence-corrected chi connectivity index (χ1v) is 9.11. The van der Waals surface area contributed by atoms with Crippen molar-refractivity contribution in [2.75, 3.05) is 5.32 Å². The minimum absolute atomic E-state index is 0.236. The summed E-state index contributed by atoms with van der Waals surface area (Å²) >= 11 is 1.66. The molecule has 0 unspecified atom stereocenters. The fourth-order valence-electron chi connectivity index (χ4n) is 2.78. The number of halogens is 1. The number of nitrogens with zero attached hydrogens (tertiary/aromatic N) is 3.